The third kappa shape index (κ3) is 2.98. The largest absolute Gasteiger partial charge is 0.497 e. The van der Waals surface area contributed by atoms with Crippen LogP contribution < -0.4 is 10.1 Å². The van der Waals surface area contributed by atoms with E-state index in [0.717, 1.165) is 5.75 Å². The van der Waals surface area contributed by atoms with Gasteiger partial charge in [0.25, 0.3) is 0 Å². The lowest BCUT2D eigenvalue weighted by molar-refractivity contribution is 0.414. The number of fused-ring (bicyclic) bond motifs is 1. The predicted molar refractivity (Wildman–Crippen MR) is 96.8 cm³/mol. The van der Waals surface area contributed by atoms with Crippen molar-refractivity contribution < 1.29 is 4.74 Å². The van der Waals surface area contributed by atoms with Gasteiger partial charge < -0.3 is 10.1 Å². The second-order valence-electron chi connectivity index (χ2n) is 7.23. The van der Waals surface area contributed by atoms with E-state index in [0.29, 0.717) is 0 Å². The molecule has 1 atom stereocenters. The van der Waals surface area contributed by atoms with E-state index >= 15 is 0 Å². The molecule has 2 heteroatoms. The number of ether oxygens (including phenoxy) is 1. The van der Waals surface area contributed by atoms with Crippen LogP contribution in [0.1, 0.15) is 50.3 Å². The van der Waals surface area contributed by atoms with E-state index in [4.69, 9.17) is 4.74 Å². The molecule has 1 unspecified atom stereocenters. The Labute approximate surface area is 139 Å². The van der Waals surface area contributed by atoms with E-state index in [9.17, 15) is 0 Å². The van der Waals surface area contributed by atoms with Crippen LogP contribution in [0.25, 0.3) is 5.70 Å². The molecule has 2 aromatic rings. The maximum atomic E-state index is 5.46. The van der Waals surface area contributed by atoms with E-state index in [2.05, 4.69) is 75.5 Å². The van der Waals surface area contributed by atoms with Gasteiger partial charge in [0.2, 0.25) is 0 Å². The molecule has 2 nitrogen and oxygen atoms in total. The Hall–Kier alpha value is -2.22. The summed E-state index contributed by atoms with van der Waals surface area (Å²) in [4.78, 5) is 0. The third-order valence-electron chi connectivity index (χ3n) is 4.30. The molecule has 0 fully saturated rings. The van der Waals surface area contributed by atoms with Crippen molar-refractivity contribution in [3.63, 3.8) is 0 Å². The van der Waals surface area contributed by atoms with Crippen LogP contribution in [0.2, 0.25) is 0 Å². The van der Waals surface area contributed by atoms with Crippen molar-refractivity contribution in [3.05, 3.63) is 70.8 Å². The fraction of sp³-hybridized carbons (Fsp3) is 0.333. The topological polar surface area (TPSA) is 21.3 Å². The molecule has 0 aliphatic heterocycles. The van der Waals surface area contributed by atoms with Gasteiger partial charge in [0, 0.05) is 22.7 Å². The van der Waals surface area contributed by atoms with Crippen molar-refractivity contribution in [1.82, 2.24) is 5.32 Å². The first kappa shape index (κ1) is 15.7. The van der Waals surface area contributed by atoms with Gasteiger partial charge in [0.15, 0.2) is 0 Å². The van der Waals surface area contributed by atoms with Gasteiger partial charge in [0.05, 0.1) is 7.11 Å². The monoisotopic (exact) mass is 307 g/mol. The lowest BCUT2D eigenvalue weighted by Crippen LogP contribution is -2.34. The molecule has 0 heterocycles. The van der Waals surface area contributed by atoms with Crippen LogP contribution >= 0.6 is 0 Å². The number of hydrogen-bond acceptors (Lipinski definition) is 2. The Morgan fingerprint density at radius 2 is 1.70 bits per heavy atom. The third-order valence-corrected chi connectivity index (χ3v) is 4.30. The highest BCUT2D eigenvalue weighted by molar-refractivity contribution is 5.79. The molecule has 0 saturated heterocycles. The average Bonchev–Trinajstić information content (AvgIpc) is 2.78. The molecule has 0 spiro atoms. The lowest BCUT2D eigenvalue weighted by Gasteiger charge is -2.24. The first-order valence-corrected chi connectivity index (χ1v) is 8.13. The first-order valence-electron chi connectivity index (χ1n) is 8.13. The van der Waals surface area contributed by atoms with Gasteiger partial charge in [-0.2, -0.15) is 0 Å². The normalized spacial score (nSPS) is 17.2. The Balaban J connectivity index is 2.16. The highest BCUT2D eigenvalue weighted by Gasteiger charge is 2.31. The van der Waals surface area contributed by atoms with Gasteiger partial charge in [-0.25, -0.2) is 0 Å². The van der Waals surface area contributed by atoms with Gasteiger partial charge in [-0.1, -0.05) is 30.3 Å². The molecule has 0 aromatic heterocycles. The van der Waals surface area contributed by atoms with Crippen molar-refractivity contribution in [2.45, 2.75) is 39.2 Å². The molecule has 2 aromatic carbocycles. The van der Waals surface area contributed by atoms with Crippen LogP contribution in [0.5, 0.6) is 5.75 Å². The molecule has 1 aliphatic carbocycles. The van der Waals surface area contributed by atoms with Crippen LogP contribution in [0.3, 0.4) is 0 Å². The molecule has 0 saturated carbocycles. The van der Waals surface area contributed by atoms with E-state index in [1.165, 1.54) is 28.0 Å². The summed E-state index contributed by atoms with van der Waals surface area (Å²) >= 11 is 0. The molecule has 120 valence electrons. The molecule has 23 heavy (non-hydrogen) atoms. The van der Waals surface area contributed by atoms with E-state index in [1.54, 1.807) is 7.11 Å². The molecule has 0 bridgehead atoms. The van der Waals surface area contributed by atoms with Crippen molar-refractivity contribution in [3.8, 4) is 5.75 Å². The number of methoxy groups -OCH3 is 1. The average molecular weight is 307 g/mol. The van der Waals surface area contributed by atoms with Crippen LogP contribution in [0, 0.1) is 0 Å². The van der Waals surface area contributed by atoms with Crippen molar-refractivity contribution in [2.24, 2.45) is 0 Å². The predicted octanol–water partition coefficient (Wildman–Crippen LogP) is 4.96. The van der Waals surface area contributed by atoms with Crippen LogP contribution in [0.4, 0.5) is 0 Å². The van der Waals surface area contributed by atoms with Crippen molar-refractivity contribution in [2.75, 3.05) is 7.11 Å². The second-order valence-corrected chi connectivity index (χ2v) is 7.23. The zero-order valence-electron chi connectivity index (χ0n) is 14.6. The van der Waals surface area contributed by atoms with E-state index in [-0.39, 0.29) is 11.5 Å². The van der Waals surface area contributed by atoms with Crippen LogP contribution in [0.15, 0.2) is 54.1 Å². The number of hydrogen-bond donors (Lipinski definition) is 1. The van der Waals surface area contributed by atoms with Crippen molar-refractivity contribution >= 4 is 5.70 Å². The van der Waals surface area contributed by atoms with Gasteiger partial charge in [-0.15, -0.1) is 0 Å². The van der Waals surface area contributed by atoms with E-state index in [1.807, 2.05) is 6.07 Å². The molecule has 3 rings (SSSR count). The minimum Gasteiger partial charge on any atom is -0.497 e. The maximum Gasteiger partial charge on any atom is 0.119 e. The number of nitrogens with one attached hydrogen (secondary N) is 1. The summed E-state index contributed by atoms with van der Waals surface area (Å²) in [5.41, 5.74) is 6.58. The molecule has 1 aliphatic rings. The standard InChI is InChI=1S/C21H25NO/c1-14-19(15-9-7-6-8-10-15)18-13-16(23-5)11-12-17(18)20(14)22-21(2,3)4/h6-13,19,22H,1-5H3. The van der Waals surface area contributed by atoms with Gasteiger partial charge >= 0.3 is 0 Å². The Bertz CT molecular complexity index is 738. The number of rotatable bonds is 3. The summed E-state index contributed by atoms with van der Waals surface area (Å²) in [6.07, 6.45) is 0. The lowest BCUT2D eigenvalue weighted by atomic mass is 9.89. The Kier molecular flexibility index (Phi) is 3.93. The fourth-order valence-corrected chi connectivity index (χ4v) is 3.34. The fourth-order valence-electron chi connectivity index (χ4n) is 3.34. The molecular weight excluding hydrogens is 282 g/mol. The Morgan fingerprint density at radius 3 is 2.30 bits per heavy atom. The summed E-state index contributed by atoms with van der Waals surface area (Å²) in [5, 5.41) is 3.70. The Morgan fingerprint density at radius 1 is 1.00 bits per heavy atom. The maximum absolute atomic E-state index is 5.46. The summed E-state index contributed by atoms with van der Waals surface area (Å²) in [5.74, 6) is 1.20. The van der Waals surface area contributed by atoms with Crippen LogP contribution in [-0.4, -0.2) is 12.6 Å². The SMILES string of the molecule is COc1ccc2c(c1)C(c1ccccc1)C(C)=C2NC(C)(C)C. The van der Waals surface area contributed by atoms with Gasteiger partial charge in [-0.05, 0) is 62.6 Å². The molecule has 0 amide bonds. The van der Waals surface area contributed by atoms with Crippen LogP contribution in [-0.2, 0) is 0 Å². The minimum absolute atomic E-state index is 0.0272. The van der Waals surface area contributed by atoms with Crippen molar-refractivity contribution in [1.29, 1.82) is 0 Å². The van der Waals surface area contributed by atoms with Gasteiger partial charge in [0.1, 0.15) is 5.75 Å². The summed E-state index contributed by atoms with van der Waals surface area (Å²) in [6, 6.07) is 17.1. The summed E-state index contributed by atoms with van der Waals surface area (Å²) < 4.78 is 5.46. The molecular formula is C21H25NO. The quantitative estimate of drug-likeness (QED) is 0.865. The first-order chi connectivity index (χ1) is 10.9. The minimum atomic E-state index is 0.0272. The summed E-state index contributed by atoms with van der Waals surface area (Å²) in [6.45, 7) is 8.84. The zero-order chi connectivity index (χ0) is 16.6. The smallest absolute Gasteiger partial charge is 0.119 e. The summed E-state index contributed by atoms with van der Waals surface area (Å²) in [7, 11) is 1.73. The molecule has 0 radical (unpaired) electrons. The van der Waals surface area contributed by atoms with Gasteiger partial charge in [-0.3, -0.25) is 0 Å². The second kappa shape index (κ2) is 5.77. The highest BCUT2D eigenvalue weighted by atomic mass is 16.5. The molecule has 1 N–H and O–H groups in total. The number of allylic oxidation sites excluding steroid dienone is 1. The number of benzene rings is 2. The highest BCUT2D eigenvalue weighted by Crippen LogP contribution is 2.46. The zero-order valence-corrected chi connectivity index (χ0v) is 14.6. The van der Waals surface area contributed by atoms with E-state index < -0.39 is 0 Å².